The molecule has 0 fully saturated rings. The Hall–Kier alpha value is -3.93. The van der Waals surface area contributed by atoms with E-state index in [1.54, 1.807) is 36.9 Å². The lowest BCUT2D eigenvalue weighted by Crippen LogP contribution is -2.47. The van der Waals surface area contributed by atoms with Crippen molar-refractivity contribution in [2.45, 2.75) is 78.7 Å². The van der Waals surface area contributed by atoms with Crippen molar-refractivity contribution in [2.75, 3.05) is 44.0 Å². The van der Waals surface area contributed by atoms with Gasteiger partial charge in [-0.05, 0) is 77.8 Å². The molecular weight excluding hydrogens is 586 g/mol. The first kappa shape index (κ1) is 34.9. The summed E-state index contributed by atoms with van der Waals surface area (Å²) < 4.78 is 17.9. The molecule has 2 aromatic carbocycles. The second kappa shape index (κ2) is 16.6. The van der Waals surface area contributed by atoms with Crippen molar-refractivity contribution in [3.63, 3.8) is 0 Å². The van der Waals surface area contributed by atoms with Gasteiger partial charge in [0.25, 0.3) is 5.91 Å². The van der Waals surface area contributed by atoms with Crippen molar-refractivity contribution in [3.05, 3.63) is 71.1 Å². The fraction of sp³-hybridized carbons (Fsp3) is 0.514. The van der Waals surface area contributed by atoms with Crippen molar-refractivity contribution < 1.29 is 28.7 Å². The van der Waals surface area contributed by atoms with Crippen molar-refractivity contribution in [1.29, 1.82) is 0 Å². The van der Waals surface area contributed by atoms with E-state index in [2.05, 4.69) is 46.8 Å². The molecule has 0 spiro atoms. The second-order valence-corrected chi connectivity index (χ2v) is 12.5. The average molecular weight is 636 g/mol. The number of urea groups is 1. The maximum atomic E-state index is 14.3. The lowest BCUT2D eigenvalue weighted by Gasteiger charge is -2.36. The number of aliphatic hydroxyl groups excluding tert-OH is 1. The van der Waals surface area contributed by atoms with Crippen LogP contribution in [0.2, 0.25) is 0 Å². The molecule has 0 bridgehead atoms. The molecule has 11 nitrogen and oxygen atoms in total. The number of aryl methyl sites for hydroxylation is 2. The summed E-state index contributed by atoms with van der Waals surface area (Å²) in [5.41, 5.74) is 3.00. The number of carbonyl (C=O) groups excluding carboxylic acids is 2. The Morgan fingerprint density at radius 1 is 1.13 bits per heavy atom. The highest BCUT2D eigenvalue weighted by Gasteiger charge is 2.30. The Kier molecular flexibility index (Phi) is 12.6. The third-order valence-corrected chi connectivity index (χ3v) is 8.37. The van der Waals surface area contributed by atoms with Crippen LogP contribution in [0.4, 0.5) is 16.2 Å². The first-order chi connectivity index (χ1) is 22.0. The molecule has 1 aliphatic rings. The maximum absolute atomic E-state index is 14.3. The van der Waals surface area contributed by atoms with Crippen LogP contribution in [0.1, 0.15) is 67.4 Å². The quantitative estimate of drug-likeness (QED) is 0.281. The number of likely N-dealkylation sites (N-methyl/N-ethyl adjacent to an activating group) is 1. The van der Waals surface area contributed by atoms with Gasteiger partial charge in [-0.15, -0.1) is 0 Å². The zero-order valence-electron chi connectivity index (χ0n) is 27.9. The van der Waals surface area contributed by atoms with Crippen molar-refractivity contribution >= 4 is 23.3 Å². The number of rotatable bonds is 8. The second-order valence-electron chi connectivity index (χ2n) is 12.5. The highest BCUT2D eigenvalue weighted by Crippen LogP contribution is 2.29. The van der Waals surface area contributed by atoms with Crippen molar-refractivity contribution in [1.82, 2.24) is 15.0 Å². The van der Waals surface area contributed by atoms with Crippen LogP contribution in [0.25, 0.3) is 0 Å². The average Bonchev–Trinajstić information content (AvgIpc) is 3.34. The van der Waals surface area contributed by atoms with Gasteiger partial charge in [-0.2, -0.15) is 0 Å². The van der Waals surface area contributed by atoms with Gasteiger partial charge in [0, 0.05) is 37.8 Å². The number of hydrogen-bond acceptors (Lipinski definition) is 8. The van der Waals surface area contributed by atoms with E-state index in [1.807, 2.05) is 32.0 Å². The smallest absolute Gasteiger partial charge is 0.323 e. The molecule has 3 aromatic rings. The van der Waals surface area contributed by atoms with E-state index in [-0.39, 0.29) is 30.6 Å². The molecule has 0 aliphatic carbocycles. The predicted molar refractivity (Wildman–Crippen MR) is 178 cm³/mol. The summed E-state index contributed by atoms with van der Waals surface area (Å²) in [6, 6.07) is 14.4. The Labute approximate surface area is 272 Å². The molecule has 11 heteroatoms. The first-order valence-corrected chi connectivity index (χ1v) is 16.1. The van der Waals surface area contributed by atoms with E-state index in [0.717, 1.165) is 25.8 Å². The van der Waals surface area contributed by atoms with Crippen molar-refractivity contribution in [2.24, 2.45) is 5.92 Å². The minimum absolute atomic E-state index is 0.0375. The van der Waals surface area contributed by atoms with E-state index in [4.69, 9.17) is 14.0 Å². The number of carbonyl (C=O) groups is 2. The summed E-state index contributed by atoms with van der Waals surface area (Å²) >= 11 is 0. The van der Waals surface area contributed by atoms with Crippen LogP contribution in [0.3, 0.4) is 0 Å². The summed E-state index contributed by atoms with van der Waals surface area (Å²) in [5.74, 6) is 0.596. The van der Waals surface area contributed by atoms with Gasteiger partial charge in [-0.3, -0.25) is 9.69 Å². The number of nitrogens with zero attached hydrogens (tertiary/aromatic N) is 3. The van der Waals surface area contributed by atoms with Crippen LogP contribution < -0.4 is 15.4 Å². The molecule has 1 aromatic heterocycles. The number of aromatic nitrogens is 1. The highest BCUT2D eigenvalue weighted by atomic mass is 16.5. The Balaban J connectivity index is 1.60. The van der Waals surface area contributed by atoms with E-state index >= 15 is 0 Å². The monoisotopic (exact) mass is 635 g/mol. The molecule has 0 radical (unpaired) electrons. The number of ether oxygens (including phenoxy) is 2. The fourth-order valence-corrected chi connectivity index (χ4v) is 5.67. The topological polar surface area (TPSA) is 129 Å². The molecule has 0 saturated heterocycles. The normalized spacial score (nSPS) is 20.4. The van der Waals surface area contributed by atoms with E-state index in [1.165, 1.54) is 5.56 Å². The standard InChI is InChI=1S/C35H49N5O6/c1-23-19-40(24(2)22-41)34(42)30-18-29(36-35(43)37-33-26(4)38-46-27(33)5)15-16-31(30)45-25(3)12-10-11-17-44-32(23)21-39(6)20-28-13-8-7-9-14-28/h7-9,13-16,18,23-25,32,41H,10-12,17,19-22H2,1-6H3,(H2,36,37,43)/t23-,24+,25-,32+/m0/s1. The third kappa shape index (κ3) is 9.54. The minimum Gasteiger partial charge on any atom is -0.490 e. The van der Waals surface area contributed by atoms with Crippen LogP contribution in [0.5, 0.6) is 5.75 Å². The van der Waals surface area contributed by atoms with E-state index < -0.39 is 12.1 Å². The number of anilines is 2. The van der Waals surface area contributed by atoms with Gasteiger partial charge in [-0.1, -0.05) is 42.4 Å². The number of benzene rings is 2. The SMILES string of the molecule is Cc1noc(C)c1NC(=O)Nc1ccc2c(c1)C(=O)N([C@H](C)CO)C[C@H](C)[C@@H](CN(C)Cc1ccccc1)OCCCC[C@H](C)O2. The maximum Gasteiger partial charge on any atom is 0.323 e. The van der Waals surface area contributed by atoms with Crippen LogP contribution in [-0.2, 0) is 11.3 Å². The molecule has 0 saturated carbocycles. The summed E-state index contributed by atoms with van der Waals surface area (Å²) in [6.45, 7) is 11.6. The minimum atomic E-state index is -0.495. The van der Waals surface area contributed by atoms with Gasteiger partial charge in [0.1, 0.15) is 17.1 Å². The van der Waals surface area contributed by atoms with Gasteiger partial charge in [-0.25, -0.2) is 4.79 Å². The molecule has 1 aliphatic heterocycles. The van der Waals surface area contributed by atoms with Crippen LogP contribution in [0.15, 0.2) is 53.1 Å². The molecular formula is C35H49N5O6. The summed E-state index contributed by atoms with van der Waals surface area (Å²) in [7, 11) is 2.08. The van der Waals surface area contributed by atoms with Gasteiger partial charge >= 0.3 is 6.03 Å². The molecule has 3 amide bonds. The van der Waals surface area contributed by atoms with Gasteiger partial charge in [0.2, 0.25) is 0 Å². The Bertz CT molecular complexity index is 1410. The van der Waals surface area contributed by atoms with Crippen LogP contribution in [0, 0.1) is 19.8 Å². The lowest BCUT2D eigenvalue weighted by molar-refractivity contribution is -0.0177. The molecule has 4 atom stereocenters. The lowest BCUT2D eigenvalue weighted by atomic mass is 10.0. The summed E-state index contributed by atoms with van der Waals surface area (Å²) in [6.07, 6.45) is 2.33. The molecule has 4 rings (SSSR count). The van der Waals surface area contributed by atoms with Crippen molar-refractivity contribution in [3.8, 4) is 5.75 Å². The molecule has 250 valence electrons. The summed E-state index contributed by atoms with van der Waals surface area (Å²) in [5, 5.41) is 19.7. The zero-order valence-corrected chi connectivity index (χ0v) is 27.9. The highest BCUT2D eigenvalue weighted by molar-refractivity contribution is 6.03. The zero-order chi connectivity index (χ0) is 33.2. The Morgan fingerprint density at radius 3 is 2.59 bits per heavy atom. The van der Waals surface area contributed by atoms with Gasteiger partial charge in [0.05, 0.1) is 30.4 Å². The first-order valence-electron chi connectivity index (χ1n) is 16.1. The third-order valence-electron chi connectivity index (χ3n) is 8.37. The number of aliphatic hydroxyl groups is 1. The van der Waals surface area contributed by atoms with Gasteiger partial charge in [0.15, 0.2) is 5.76 Å². The fourth-order valence-electron chi connectivity index (χ4n) is 5.67. The van der Waals surface area contributed by atoms with Crippen LogP contribution >= 0.6 is 0 Å². The Morgan fingerprint density at radius 2 is 1.89 bits per heavy atom. The largest absolute Gasteiger partial charge is 0.490 e. The van der Waals surface area contributed by atoms with E-state index in [9.17, 15) is 14.7 Å². The molecule has 3 N–H and O–H groups in total. The number of fused-ring (bicyclic) bond motifs is 1. The number of nitrogens with one attached hydrogen (secondary N) is 2. The number of amides is 3. The number of hydrogen-bond donors (Lipinski definition) is 3. The van der Waals surface area contributed by atoms with Crippen LogP contribution in [-0.4, -0.2) is 83.6 Å². The van der Waals surface area contributed by atoms with Gasteiger partial charge < -0.3 is 34.6 Å². The molecule has 0 unspecified atom stereocenters. The molecule has 2 heterocycles. The summed E-state index contributed by atoms with van der Waals surface area (Å²) in [4.78, 5) is 31.2. The molecule has 46 heavy (non-hydrogen) atoms. The predicted octanol–water partition coefficient (Wildman–Crippen LogP) is 5.86. The van der Waals surface area contributed by atoms with E-state index in [0.29, 0.717) is 53.8 Å².